The molecule has 5 N–H and O–H groups in total. The van der Waals surface area contributed by atoms with Gasteiger partial charge >= 0.3 is 0 Å². The topological polar surface area (TPSA) is 142 Å². The molecule has 0 fully saturated rings. The molecule has 0 saturated carbocycles. The molecule has 36 heavy (non-hydrogen) atoms. The minimum absolute atomic E-state index is 0.000599. The Bertz CT molecular complexity index is 1190. The van der Waals surface area contributed by atoms with E-state index in [4.69, 9.17) is 5.26 Å². The molecule has 8 heteroatoms. The van der Waals surface area contributed by atoms with Crippen molar-refractivity contribution >= 4 is 17.2 Å². The Balaban J connectivity index is 1.68. The van der Waals surface area contributed by atoms with Crippen molar-refractivity contribution in [3.63, 3.8) is 0 Å². The van der Waals surface area contributed by atoms with Gasteiger partial charge in [-0.25, -0.2) is 4.98 Å². The van der Waals surface area contributed by atoms with Gasteiger partial charge in [0.25, 0.3) is 5.91 Å². The fourth-order valence-corrected chi connectivity index (χ4v) is 5.23. The summed E-state index contributed by atoms with van der Waals surface area (Å²) >= 11 is 0. The second-order valence-corrected chi connectivity index (χ2v) is 9.85. The first-order chi connectivity index (χ1) is 17.4. The van der Waals surface area contributed by atoms with Crippen molar-refractivity contribution in [1.82, 2.24) is 9.97 Å². The molecule has 1 heterocycles. The van der Waals surface area contributed by atoms with E-state index in [-0.39, 0.29) is 30.7 Å². The van der Waals surface area contributed by atoms with Gasteiger partial charge in [0.15, 0.2) is 5.82 Å². The van der Waals surface area contributed by atoms with Gasteiger partial charge in [-0.2, -0.15) is 5.26 Å². The fourth-order valence-electron chi connectivity index (χ4n) is 5.23. The molecule has 1 unspecified atom stereocenters. The number of anilines is 1. The van der Waals surface area contributed by atoms with Gasteiger partial charge in [-0.05, 0) is 92.5 Å². The molecule has 0 spiro atoms. The van der Waals surface area contributed by atoms with Crippen LogP contribution in [0.4, 0.5) is 5.69 Å². The van der Waals surface area contributed by atoms with E-state index in [1.54, 1.807) is 0 Å². The number of allylic oxidation sites excluding steroid dienone is 3. The number of benzene rings is 1. The van der Waals surface area contributed by atoms with Gasteiger partial charge in [-0.1, -0.05) is 18.2 Å². The molecule has 2 atom stereocenters. The fraction of sp³-hybridized carbons (Fsp3) is 0.464. The molecular weight excluding hydrogens is 456 g/mol. The van der Waals surface area contributed by atoms with E-state index in [2.05, 4.69) is 33.5 Å². The molecule has 0 radical (unpaired) electrons. The third-order valence-electron chi connectivity index (χ3n) is 7.32. The summed E-state index contributed by atoms with van der Waals surface area (Å²) in [6.45, 7) is -0.129. The van der Waals surface area contributed by atoms with Crippen molar-refractivity contribution in [3.8, 4) is 6.07 Å². The number of aliphatic hydroxyl groups is 3. The second kappa shape index (κ2) is 11.7. The molecular formula is C28H34N4O4. The maximum atomic E-state index is 12.9. The van der Waals surface area contributed by atoms with Crippen molar-refractivity contribution in [2.75, 3.05) is 18.5 Å². The number of nitrogens with one attached hydrogen (secondary N) is 2. The van der Waals surface area contributed by atoms with Crippen LogP contribution >= 0.6 is 0 Å². The average Bonchev–Trinajstić information content (AvgIpc) is 3.38. The minimum Gasteiger partial charge on any atom is -0.396 e. The quantitative estimate of drug-likeness (QED) is 0.369. The Morgan fingerprint density at radius 1 is 1.25 bits per heavy atom. The van der Waals surface area contributed by atoms with Crippen molar-refractivity contribution in [2.45, 2.75) is 69.3 Å². The molecule has 2 aliphatic carbocycles. The Kier molecular flexibility index (Phi) is 8.36. The van der Waals surface area contributed by atoms with E-state index in [0.29, 0.717) is 37.8 Å². The second-order valence-electron chi connectivity index (χ2n) is 9.85. The van der Waals surface area contributed by atoms with Gasteiger partial charge in [0.2, 0.25) is 0 Å². The molecule has 1 amide bonds. The van der Waals surface area contributed by atoms with Crippen LogP contribution in [0.2, 0.25) is 0 Å². The number of nitrogens with zero attached hydrogens (tertiary/aromatic N) is 2. The van der Waals surface area contributed by atoms with Crippen molar-refractivity contribution in [2.24, 2.45) is 0 Å². The highest BCUT2D eigenvalue weighted by Gasteiger charge is 2.32. The molecule has 8 nitrogen and oxygen atoms in total. The normalized spacial score (nSPS) is 24.0. The number of aliphatic hydroxyl groups excluding tert-OH is 2. The highest BCUT2D eigenvalue weighted by atomic mass is 16.3. The molecule has 0 aliphatic heterocycles. The van der Waals surface area contributed by atoms with Crippen molar-refractivity contribution in [1.29, 1.82) is 5.26 Å². The first-order valence-corrected chi connectivity index (χ1v) is 12.7. The number of nitriles is 1. The lowest BCUT2D eigenvalue weighted by atomic mass is 9.76. The summed E-state index contributed by atoms with van der Waals surface area (Å²) in [5.74, 6) is -0.338. The highest BCUT2D eigenvalue weighted by Crippen LogP contribution is 2.40. The summed E-state index contributed by atoms with van der Waals surface area (Å²) in [6, 6.07) is 7.92. The first kappa shape index (κ1) is 25.8. The maximum absolute atomic E-state index is 12.9. The van der Waals surface area contributed by atoms with Crippen LogP contribution in [0.5, 0.6) is 0 Å². The smallest absolute Gasteiger partial charge is 0.291 e. The van der Waals surface area contributed by atoms with Crippen LogP contribution in [0.3, 0.4) is 0 Å². The number of H-pyrrole nitrogens is 1. The Hall–Kier alpha value is -3.25. The minimum atomic E-state index is -1.01. The van der Waals surface area contributed by atoms with E-state index >= 15 is 0 Å². The molecule has 2 aliphatic rings. The van der Waals surface area contributed by atoms with Crippen LogP contribution in [0, 0.1) is 11.3 Å². The van der Waals surface area contributed by atoms with Crippen LogP contribution in [-0.4, -0.2) is 50.0 Å². The predicted octanol–water partition coefficient (Wildman–Crippen LogP) is 4.18. The van der Waals surface area contributed by atoms with E-state index in [1.807, 2.05) is 18.2 Å². The number of carbonyl (C=O) groups is 1. The zero-order valence-corrected chi connectivity index (χ0v) is 20.5. The molecule has 0 bridgehead atoms. The summed E-state index contributed by atoms with van der Waals surface area (Å²) in [5, 5.41) is 42.6. The van der Waals surface area contributed by atoms with Crippen molar-refractivity contribution in [3.05, 3.63) is 64.8 Å². The lowest BCUT2D eigenvalue weighted by Crippen LogP contribution is -2.33. The predicted molar refractivity (Wildman–Crippen MR) is 137 cm³/mol. The molecule has 0 saturated heterocycles. The van der Waals surface area contributed by atoms with E-state index < -0.39 is 11.5 Å². The van der Waals surface area contributed by atoms with Gasteiger partial charge in [-0.3, -0.25) is 4.79 Å². The van der Waals surface area contributed by atoms with Crippen LogP contribution in [0.15, 0.2) is 42.1 Å². The summed E-state index contributed by atoms with van der Waals surface area (Å²) < 4.78 is 0. The largest absolute Gasteiger partial charge is 0.396 e. The number of carbonyl (C=O) groups excluding carboxylic acids is 1. The standard InChI is InChI=1S/C28H34N4O4/c29-16-23-17-30-26(31-23)27(35)32-25-9-8-21(14-24(25)20-4-2-1-3-5-20)22-7-6-19(18-34)10-11-28(36,15-22)12-13-33/h4,6,8-9,14,17,22,33-34,36H,1-3,5,7,10-13,15,18H2,(H,30,31)(H,32,35)/b19-6+/t22?,28-/m1/s1. The lowest BCUT2D eigenvalue weighted by Gasteiger charge is -2.34. The zero-order valence-electron chi connectivity index (χ0n) is 20.5. The van der Waals surface area contributed by atoms with Gasteiger partial charge in [0.1, 0.15) is 11.8 Å². The van der Waals surface area contributed by atoms with E-state index in [0.717, 1.165) is 42.4 Å². The number of aromatic nitrogens is 2. The lowest BCUT2D eigenvalue weighted by molar-refractivity contribution is -0.00702. The third-order valence-corrected chi connectivity index (χ3v) is 7.32. The van der Waals surface area contributed by atoms with E-state index in [9.17, 15) is 20.1 Å². The molecule has 2 aromatic rings. The number of rotatable bonds is 7. The zero-order chi connectivity index (χ0) is 25.5. The van der Waals surface area contributed by atoms with Gasteiger partial charge in [-0.15, -0.1) is 0 Å². The maximum Gasteiger partial charge on any atom is 0.291 e. The Morgan fingerprint density at radius 3 is 2.81 bits per heavy atom. The summed E-state index contributed by atoms with van der Waals surface area (Å²) in [5.41, 5.74) is 3.97. The van der Waals surface area contributed by atoms with Crippen LogP contribution in [0.1, 0.15) is 91.1 Å². The number of amides is 1. The van der Waals surface area contributed by atoms with E-state index in [1.165, 1.54) is 11.8 Å². The summed E-state index contributed by atoms with van der Waals surface area (Å²) in [7, 11) is 0. The monoisotopic (exact) mass is 490 g/mol. The summed E-state index contributed by atoms with van der Waals surface area (Å²) in [4.78, 5) is 19.6. The number of hydrogen-bond acceptors (Lipinski definition) is 6. The first-order valence-electron chi connectivity index (χ1n) is 12.7. The average molecular weight is 491 g/mol. The number of aromatic amines is 1. The third kappa shape index (κ3) is 6.11. The van der Waals surface area contributed by atoms with Gasteiger partial charge in [0, 0.05) is 17.9 Å². The summed E-state index contributed by atoms with van der Waals surface area (Å²) in [6.07, 6.45) is 12.3. The molecule has 190 valence electrons. The van der Waals surface area contributed by atoms with Crippen molar-refractivity contribution < 1.29 is 20.1 Å². The van der Waals surface area contributed by atoms with Gasteiger partial charge in [0.05, 0.1) is 18.4 Å². The molecule has 1 aromatic carbocycles. The van der Waals surface area contributed by atoms with Crippen LogP contribution < -0.4 is 5.32 Å². The van der Waals surface area contributed by atoms with Gasteiger partial charge < -0.3 is 25.6 Å². The SMILES string of the molecule is N#Cc1cnc(C(=O)Nc2ccc(C3C/C=C(/CO)CC[C@@](O)(CCO)C3)cc2C2=CCCCC2)[nH]1. The number of hydrogen-bond donors (Lipinski definition) is 5. The molecule has 1 aromatic heterocycles. The Labute approximate surface area is 211 Å². The Morgan fingerprint density at radius 2 is 2.11 bits per heavy atom. The number of imidazole rings is 1. The molecule has 4 rings (SSSR count). The van der Waals surface area contributed by atoms with Crippen LogP contribution in [-0.2, 0) is 0 Å². The highest BCUT2D eigenvalue weighted by molar-refractivity contribution is 6.03. The van der Waals surface area contributed by atoms with Crippen LogP contribution in [0.25, 0.3) is 5.57 Å².